The van der Waals surface area contributed by atoms with Gasteiger partial charge in [0.2, 0.25) is 0 Å². The second-order valence-corrected chi connectivity index (χ2v) is 5.25. The molecule has 92 valence electrons. The Morgan fingerprint density at radius 3 is 1.67 bits per heavy atom. The Labute approximate surface area is 95.7 Å². The first-order chi connectivity index (χ1) is 6.94. The molecule has 2 unspecified atom stereocenters. The van der Waals surface area contributed by atoms with Crippen molar-refractivity contribution < 1.29 is 5.11 Å². The van der Waals surface area contributed by atoms with E-state index in [1.165, 1.54) is 0 Å². The van der Waals surface area contributed by atoms with Gasteiger partial charge in [-0.2, -0.15) is 0 Å². The molecule has 0 aromatic rings. The molecule has 0 bridgehead atoms. The van der Waals surface area contributed by atoms with Crippen LogP contribution in [0.3, 0.4) is 0 Å². The Morgan fingerprint density at radius 2 is 1.47 bits per heavy atom. The highest BCUT2D eigenvalue weighted by atomic mass is 16.3. The second kappa shape index (κ2) is 6.49. The van der Waals surface area contributed by atoms with Crippen molar-refractivity contribution in [1.29, 1.82) is 0 Å². The molecule has 0 spiro atoms. The smallest absolute Gasteiger partial charge is 0.0504 e. The maximum absolute atomic E-state index is 9.80. The van der Waals surface area contributed by atoms with Crippen LogP contribution in [0.4, 0.5) is 0 Å². The summed E-state index contributed by atoms with van der Waals surface area (Å²) in [5.41, 5.74) is 0.0625. The van der Waals surface area contributed by atoms with Crippen LogP contribution in [0.25, 0.3) is 0 Å². The third-order valence-electron chi connectivity index (χ3n) is 4.09. The minimum Gasteiger partial charge on any atom is -0.396 e. The van der Waals surface area contributed by atoms with Gasteiger partial charge in [0, 0.05) is 12.0 Å². The zero-order valence-electron chi connectivity index (χ0n) is 11.4. The van der Waals surface area contributed by atoms with Crippen molar-refractivity contribution in [3.63, 3.8) is 0 Å². The minimum atomic E-state index is 0.0625. The quantitative estimate of drug-likeness (QED) is 0.705. The van der Waals surface area contributed by atoms with Gasteiger partial charge in [-0.25, -0.2) is 0 Å². The molecule has 2 heteroatoms. The summed E-state index contributed by atoms with van der Waals surface area (Å²) < 4.78 is 0. The molecule has 0 radical (unpaired) electrons. The van der Waals surface area contributed by atoms with Crippen molar-refractivity contribution >= 4 is 0 Å². The molecule has 0 aliphatic carbocycles. The van der Waals surface area contributed by atoms with E-state index >= 15 is 0 Å². The third kappa shape index (κ3) is 3.46. The van der Waals surface area contributed by atoms with Crippen LogP contribution in [-0.4, -0.2) is 37.3 Å². The molecule has 0 saturated carbocycles. The highest BCUT2D eigenvalue weighted by Gasteiger charge is 2.39. The molecule has 0 fully saturated rings. The van der Waals surface area contributed by atoms with E-state index in [4.69, 9.17) is 0 Å². The lowest BCUT2D eigenvalue weighted by Crippen LogP contribution is -2.46. The molecular weight excluding hydrogens is 186 g/mol. The number of aliphatic hydroxyl groups excluding tert-OH is 1. The molecule has 0 aromatic heterocycles. The molecule has 1 N–H and O–H groups in total. The lowest BCUT2D eigenvalue weighted by molar-refractivity contribution is -0.00932. The SMILES string of the molecule is CCC(C)C(CO)(CN(C)C)C(C)CC. The highest BCUT2D eigenvalue weighted by Crippen LogP contribution is 2.39. The van der Waals surface area contributed by atoms with Crippen LogP contribution in [0.1, 0.15) is 40.5 Å². The van der Waals surface area contributed by atoms with Gasteiger partial charge in [-0.3, -0.25) is 0 Å². The monoisotopic (exact) mass is 215 g/mol. The lowest BCUT2D eigenvalue weighted by Gasteiger charge is -2.44. The van der Waals surface area contributed by atoms with Gasteiger partial charge >= 0.3 is 0 Å². The fourth-order valence-corrected chi connectivity index (χ4v) is 2.56. The molecule has 0 rings (SSSR count). The van der Waals surface area contributed by atoms with Crippen LogP contribution in [0.5, 0.6) is 0 Å². The average Bonchev–Trinajstić information content (AvgIpc) is 2.23. The van der Waals surface area contributed by atoms with Crippen molar-refractivity contribution in [2.75, 3.05) is 27.2 Å². The Hall–Kier alpha value is -0.0800. The summed E-state index contributed by atoms with van der Waals surface area (Å²) in [6.45, 7) is 10.3. The molecule has 0 heterocycles. The van der Waals surface area contributed by atoms with E-state index in [1.54, 1.807) is 0 Å². The molecule has 0 saturated heterocycles. The summed E-state index contributed by atoms with van der Waals surface area (Å²) >= 11 is 0. The molecule has 15 heavy (non-hydrogen) atoms. The van der Waals surface area contributed by atoms with Crippen LogP contribution >= 0.6 is 0 Å². The van der Waals surface area contributed by atoms with Crippen molar-refractivity contribution in [3.05, 3.63) is 0 Å². The maximum Gasteiger partial charge on any atom is 0.0504 e. The summed E-state index contributed by atoms with van der Waals surface area (Å²) in [7, 11) is 4.18. The van der Waals surface area contributed by atoms with Gasteiger partial charge in [0.15, 0.2) is 0 Å². The van der Waals surface area contributed by atoms with Crippen molar-refractivity contribution in [3.8, 4) is 0 Å². The topological polar surface area (TPSA) is 23.5 Å². The van der Waals surface area contributed by atoms with Gasteiger partial charge in [-0.15, -0.1) is 0 Å². The number of hydrogen-bond donors (Lipinski definition) is 1. The first-order valence-electron chi connectivity index (χ1n) is 6.20. The average molecular weight is 215 g/mol. The van der Waals surface area contributed by atoms with E-state index in [0.29, 0.717) is 18.4 Å². The van der Waals surface area contributed by atoms with Crippen LogP contribution < -0.4 is 0 Å². The molecule has 0 amide bonds. The predicted octanol–water partition coefficient (Wildman–Crippen LogP) is 2.62. The number of hydrogen-bond acceptors (Lipinski definition) is 2. The van der Waals surface area contributed by atoms with Gasteiger partial charge < -0.3 is 10.0 Å². The van der Waals surface area contributed by atoms with E-state index < -0.39 is 0 Å². The summed E-state index contributed by atoms with van der Waals surface area (Å²) in [5.74, 6) is 1.14. The van der Waals surface area contributed by atoms with Crippen LogP contribution in [0.2, 0.25) is 0 Å². The largest absolute Gasteiger partial charge is 0.396 e. The van der Waals surface area contributed by atoms with Crippen molar-refractivity contribution in [2.45, 2.75) is 40.5 Å². The Balaban J connectivity index is 4.91. The van der Waals surface area contributed by atoms with Crippen molar-refractivity contribution in [2.24, 2.45) is 17.3 Å². The maximum atomic E-state index is 9.80. The summed E-state index contributed by atoms with van der Waals surface area (Å²) in [6, 6.07) is 0. The normalized spacial score (nSPS) is 20.0. The standard InChI is InChI=1S/C13H29NO/c1-7-11(3)13(10-15,9-14(5)6)12(4)8-2/h11-12,15H,7-10H2,1-6H3. The molecule has 2 atom stereocenters. The first kappa shape index (κ1) is 14.9. The van der Waals surface area contributed by atoms with Gasteiger partial charge in [0.25, 0.3) is 0 Å². The second-order valence-electron chi connectivity index (χ2n) is 5.25. The number of nitrogens with zero attached hydrogens (tertiary/aromatic N) is 1. The zero-order valence-corrected chi connectivity index (χ0v) is 11.4. The lowest BCUT2D eigenvalue weighted by atomic mass is 9.66. The summed E-state index contributed by atoms with van der Waals surface area (Å²) in [5, 5.41) is 9.80. The Bertz CT molecular complexity index is 158. The molecule has 0 aliphatic rings. The van der Waals surface area contributed by atoms with E-state index in [0.717, 1.165) is 19.4 Å². The van der Waals surface area contributed by atoms with E-state index in [-0.39, 0.29) is 5.41 Å². The fraction of sp³-hybridized carbons (Fsp3) is 1.00. The van der Waals surface area contributed by atoms with Crippen LogP contribution in [0, 0.1) is 17.3 Å². The van der Waals surface area contributed by atoms with E-state index in [9.17, 15) is 5.11 Å². The van der Waals surface area contributed by atoms with Gasteiger partial charge in [-0.1, -0.05) is 40.5 Å². The predicted molar refractivity (Wildman–Crippen MR) is 67.0 cm³/mol. The fourth-order valence-electron chi connectivity index (χ4n) is 2.56. The summed E-state index contributed by atoms with van der Waals surface area (Å²) in [4.78, 5) is 2.20. The van der Waals surface area contributed by atoms with Gasteiger partial charge in [0.05, 0.1) is 6.61 Å². The molecule has 0 aliphatic heterocycles. The minimum absolute atomic E-state index is 0.0625. The highest BCUT2D eigenvalue weighted by molar-refractivity contribution is 4.89. The Morgan fingerprint density at radius 1 is 1.07 bits per heavy atom. The van der Waals surface area contributed by atoms with E-state index in [1.807, 2.05) is 0 Å². The van der Waals surface area contributed by atoms with Gasteiger partial charge in [-0.05, 0) is 25.9 Å². The van der Waals surface area contributed by atoms with Gasteiger partial charge in [0.1, 0.15) is 0 Å². The zero-order chi connectivity index (χ0) is 12.1. The third-order valence-corrected chi connectivity index (χ3v) is 4.09. The number of aliphatic hydroxyl groups is 1. The number of rotatable bonds is 7. The van der Waals surface area contributed by atoms with Crippen molar-refractivity contribution in [1.82, 2.24) is 4.90 Å². The Kier molecular flexibility index (Phi) is 6.46. The summed E-state index contributed by atoms with van der Waals surface area (Å²) in [6.07, 6.45) is 2.28. The van der Waals surface area contributed by atoms with E-state index in [2.05, 4.69) is 46.7 Å². The van der Waals surface area contributed by atoms with Crippen LogP contribution in [0.15, 0.2) is 0 Å². The molecule has 0 aromatic carbocycles. The molecular formula is C13H29NO. The first-order valence-corrected chi connectivity index (χ1v) is 6.20. The van der Waals surface area contributed by atoms with Crippen LogP contribution in [-0.2, 0) is 0 Å². The molecule has 2 nitrogen and oxygen atoms in total.